The van der Waals surface area contributed by atoms with E-state index in [1.54, 1.807) is 0 Å². The van der Waals surface area contributed by atoms with Gasteiger partial charge < -0.3 is 5.73 Å². The molecule has 0 aromatic carbocycles. The number of nitrogens with zero attached hydrogens (tertiary/aromatic N) is 1. The topological polar surface area (TPSA) is 72.5 Å². The molecule has 1 unspecified atom stereocenters. The van der Waals surface area contributed by atoms with Gasteiger partial charge in [0.1, 0.15) is 0 Å². The van der Waals surface area contributed by atoms with Crippen LogP contribution in [0.1, 0.15) is 48.0 Å². The Labute approximate surface area is 97.9 Å². The third-order valence-corrected chi connectivity index (χ3v) is 2.78. The van der Waals surface area contributed by atoms with Gasteiger partial charge in [-0.25, -0.2) is 0 Å². The van der Waals surface area contributed by atoms with Crippen LogP contribution in [0.5, 0.6) is 0 Å². The molecule has 0 aromatic heterocycles. The minimum atomic E-state index is -0.566. The van der Waals surface area contributed by atoms with Crippen LogP contribution in [0.2, 0.25) is 0 Å². The first-order valence-electron chi connectivity index (χ1n) is 5.67. The summed E-state index contributed by atoms with van der Waals surface area (Å²) < 4.78 is 0. The molecule has 0 rings (SSSR count). The zero-order valence-corrected chi connectivity index (χ0v) is 11.2. The Kier molecular flexibility index (Phi) is 4.80. The van der Waals surface area contributed by atoms with Gasteiger partial charge in [-0.2, -0.15) is 0 Å². The third kappa shape index (κ3) is 4.39. The smallest absolute Gasteiger partial charge is 0.290 e. The van der Waals surface area contributed by atoms with Crippen molar-refractivity contribution >= 4 is 5.91 Å². The van der Waals surface area contributed by atoms with Crippen molar-refractivity contribution < 1.29 is 4.79 Å². The van der Waals surface area contributed by atoms with Gasteiger partial charge in [0.2, 0.25) is 0 Å². The second-order valence-electron chi connectivity index (χ2n) is 6.31. The first-order chi connectivity index (χ1) is 7.01. The minimum Gasteiger partial charge on any atom is -0.326 e. The molecule has 1 atom stereocenters. The Hall–Kier alpha value is -0.770. The highest BCUT2D eigenvalue weighted by Gasteiger charge is 2.40. The van der Waals surface area contributed by atoms with E-state index in [9.17, 15) is 9.70 Å². The molecular weight excluding hydrogens is 204 g/mol. The summed E-state index contributed by atoms with van der Waals surface area (Å²) in [7, 11) is 0. The number of hydrogen-bond acceptors (Lipinski definition) is 3. The maximum Gasteiger partial charge on any atom is 0.290 e. The van der Waals surface area contributed by atoms with Gasteiger partial charge in [-0.1, -0.05) is 27.7 Å². The highest BCUT2D eigenvalue weighted by molar-refractivity contribution is 5.80. The van der Waals surface area contributed by atoms with Crippen LogP contribution in [0.25, 0.3) is 0 Å². The van der Waals surface area contributed by atoms with E-state index in [0.29, 0.717) is 6.42 Å². The molecule has 1 amide bonds. The van der Waals surface area contributed by atoms with Gasteiger partial charge in [-0.05, 0) is 31.6 Å². The van der Waals surface area contributed by atoms with Crippen molar-refractivity contribution in [3.8, 4) is 0 Å². The lowest BCUT2D eigenvalue weighted by Gasteiger charge is -2.38. The Bertz CT molecular complexity index is 265. The fourth-order valence-corrected chi connectivity index (χ4v) is 2.86. The predicted octanol–water partition coefficient (Wildman–Crippen LogP) is 2.71. The SMILES string of the molecule is CC(C)C(C(=O)N=O)C(C)(C)CC(C)(C)N. The van der Waals surface area contributed by atoms with Crippen LogP contribution >= 0.6 is 0 Å². The monoisotopic (exact) mass is 228 g/mol. The number of carbonyl (C=O) groups is 1. The summed E-state index contributed by atoms with van der Waals surface area (Å²) in [5, 5.41) is 2.58. The van der Waals surface area contributed by atoms with Crippen molar-refractivity contribution in [1.82, 2.24) is 0 Å². The Morgan fingerprint density at radius 2 is 1.69 bits per heavy atom. The van der Waals surface area contributed by atoms with Crippen molar-refractivity contribution in [2.75, 3.05) is 0 Å². The summed E-state index contributed by atoms with van der Waals surface area (Å²) in [6, 6.07) is 0. The number of nitroso groups, excluding NO2 is 1. The molecule has 0 aliphatic carbocycles. The van der Waals surface area contributed by atoms with Crippen LogP contribution in [0.15, 0.2) is 5.18 Å². The van der Waals surface area contributed by atoms with E-state index in [-0.39, 0.29) is 22.8 Å². The highest BCUT2D eigenvalue weighted by Crippen LogP contribution is 2.39. The van der Waals surface area contributed by atoms with Gasteiger partial charge in [0.25, 0.3) is 5.91 Å². The molecule has 4 heteroatoms. The molecule has 16 heavy (non-hydrogen) atoms. The second-order valence-corrected chi connectivity index (χ2v) is 6.31. The van der Waals surface area contributed by atoms with Crippen LogP contribution in [0.4, 0.5) is 0 Å². The standard InChI is InChI=1S/C12H24N2O2/c1-8(2)9(10(15)14-16)11(3,4)7-12(5,6)13/h8-9H,7,13H2,1-6H3. The summed E-state index contributed by atoms with van der Waals surface area (Å²) in [6.45, 7) is 11.6. The fourth-order valence-electron chi connectivity index (χ4n) is 2.86. The molecule has 0 aromatic rings. The first kappa shape index (κ1) is 15.2. The summed E-state index contributed by atoms with van der Waals surface area (Å²) in [6.07, 6.45) is 0.671. The Morgan fingerprint density at radius 3 is 1.94 bits per heavy atom. The van der Waals surface area contributed by atoms with Crippen LogP contribution in [0, 0.1) is 22.2 Å². The summed E-state index contributed by atoms with van der Waals surface area (Å²) in [5.74, 6) is -0.848. The summed E-state index contributed by atoms with van der Waals surface area (Å²) in [4.78, 5) is 22.0. The van der Waals surface area contributed by atoms with Gasteiger partial charge in [0.05, 0.1) is 5.92 Å². The van der Waals surface area contributed by atoms with E-state index in [4.69, 9.17) is 5.73 Å². The van der Waals surface area contributed by atoms with Crippen LogP contribution in [-0.4, -0.2) is 11.4 Å². The predicted molar refractivity (Wildman–Crippen MR) is 65.8 cm³/mol. The Balaban J connectivity index is 5.04. The molecule has 0 saturated carbocycles. The molecule has 2 N–H and O–H groups in total. The quantitative estimate of drug-likeness (QED) is 0.735. The number of hydrogen-bond donors (Lipinski definition) is 1. The number of carbonyl (C=O) groups excluding carboxylic acids is 1. The maximum absolute atomic E-state index is 11.6. The second kappa shape index (κ2) is 5.04. The van der Waals surface area contributed by atoms with Gasteiger partial charge in [0, 0.05) is 10.7 Å². The van der Waals surface area contributed by atoms with Gasteiger partial charge in [-0.15, -0.1) is 4.91 Å². The van der Waals surface area contributed by atoms with Gasteiger partial charge in [0.15, 0.2) is 0 Å². The van der Waals surface area contributed by atoms with Crippen molar-refractivity contribution in [2.24, 2.45) is 28.2 Å². The normalized spacial score (nSPS) is 15.0. The fraction of sp³-hybridized carbons (Fsp3) is 0.917. The summed E-state index contributed by atoms with van der Waals surface area (Å²) in [5.41, 5.74) is 5.30. The number of amides is 1. The molecule has 0 saturated heterocycles. The van der Waals surface area contributed by atoms with Gasteiger partial charge in [-0.3, -0.25) is 4.79 Å². The van der Waals surface area contributed by atoms with Crippen LogP contribution in [0.3, 0.4) is 0 Å². The average Bonchev–Trinajstić information content (AvgIpc) is 1.97. The number of rotatable bonds is 5. The summed E-state index contributed by atoms with van der Waals surface area (Å²) >= 11 is 0. The first-order valence-corrected chi connectivity index (χ1v) is 5.67. The largest absolute Gasteiger partial charge is 0.326 e. The molecule has 0 spiro atoms. The molecule has 94 valence electrons. The molecular formula is C12H24N2O2. The van der Waals surface area contributed by atoms with Crippen molar-refractivity contribution in [3.63, 3.8) is 0 Å². The minimum absolute atomic E-state index is 0.0857. The lowest BCUT2D eigenvalue weighted by Crippen LogP contribution is -2.43. The van der Waals surface area contributed by atoms with E-state index < -0.39 is 5.91 Å². The van der Waals surface area contributed by atoms with E-state index in [1.165, 1.54) is 0 Å². The number of nitrogens with two attached hydrogens (primary N) is 1. The molecule has 0 fully saturated rings. The van der Waals surface area contributed by atoms with Crippen molar-refractivity contribution in [1.29, 1.82) is 0 Å². The third-order valence-electron chi connectivity index (χ3n) is 2.78. The Morgan fingerprint density at radius 1 is 1.25 bits per heavy atom. The average molecular weight is 228 g/mol. The van der Waals surface area contributed by atoms with E-state index in [2.05, 4.69) is 5.18 Å². The van der Waals surface area contributed by atoms with Crippen LogP contribution in [-0.2, 0) is 4.79 Å². The molecule has 0 aliphatic rings. The van der Waals surface area contributed by atoms with Crippen LogP contribution < -0.4 is 5.73 Å². The maximum atomic E-state index is 11.6. The van der Waals surface area contributed by atoms with E-state index >= 15 is 0 Å². The van der Waals surface area contributed by atoms with E-state index in [1.807, 2.05) is 41.5 Å². The lowest BCUT2D eigenvalue weighted by atomic mass is 9.67. The molecule has 0 heterocycles. The van der Waals surface area contributed by atoms with Crippen molar-refractivity contribution in [3.05, 3.63) is 4.91 Å². The van der Waals surface area contributed by atoms with Gasteiger partial charge >= 0.3 is 0 Å². The molecule has 0 aliphatic heterocycles. The highest BCUT2D eigenvalue weighted by atomic mass is 16.3. The molecule has 0 bridgehead atoms. The lowest BCUT2D eigenvalue weighted by molar-refractivity contribution is -0.127. The zero-order chi connectivity index (χ0) is 13.1. The molecule has 4 nitrogen and oxygen atoms in total. The molecule has 0 radical (unpaired) electrons. The van der Waals surface area contributed by atoms with E-state index in [0.717, 1.165) is 0 Å². The zero-order valence-electron chi connectivity index (χ0n) is 11.2. The van der Waals surface area contributed by atoms with Crippen molar-refractivity contribution in [2.45, 2.75) is 53.5 Å².